The first-order valence-corrected chi connectivity index (χ1v) is 5.12. The molecule has 4 nitrogen and oxygen atoms in total. The van der Waals surface area contributed by atoms with E-state index in [-0.39, 0.29) is 0 Å². The van der Waals surface area contributed by atoms with Gasteiger partial charge in [-0.15, -0.1) is 0 Å². The van der Waals surface area contributed by atoms with E-state index in [0.29, 0.717) is 11.3 Å². The van der Waals surface area contributed by atoms with Crippen LogP contribution in [0.1, 0.15) is 10.4 Å². The van der Waals surface area contributed by atoms with Gasteiger partial charge in [-0.1, -0.05) is 18.2 Å². The van der Waals surface area contributed by atoms with Crippen LogP contribution in [0.4, 0.5) is 0 Å². The van der Waals surface area contributed by atoms with Crippen LogP contribution in [0.15, 0.2) is 54.9 Å². The third-order valence-electron chi connectivity index (χ3n) is 2.20. The Morgan fingerprint density at radius 1 is 1.06 bits per heavy atom. The minimum atomic E-state index is -0.402. The molecule has 1 aromatic heterocycles. The van der Waals surface area contributed by atoms with Gasteiger partial charge in [-0.2, -0.15) is 4.84 Å². The lowest BCUT2D eigenvalue weighted by Gasteiger charge is -1.98. The lowest BCUT2D eigenvalue weighted by atomic mass is 10.2. The van der Waals surface area contributed by atoms with E-state index in [1.807, 2.05) is 6.07 Å². The van der Waals surface area contributed by atoms with Crippen LogP contribution < -0.4 is 14.3 Å². The number of benzene rings is 1. The molecule has 0 N–H and O–H groups in total. The molecule has 0 unspecified atom stereocenters. The molecule has 0 aliphatic heterocycles. The molecule has 0 radical (unpaired) electrons. The van der Waals surface area contributed by atoms with Gasteiger partial charge < -0.3 is 4.74 Å². The quantitative estimate of drug-likeness (QED) is 0.745. The van der Waals surface area contributed by atoms with Gasteiger partial charge in [0, 0.05) is 16.9 Å². The first-order chi connectivity index (χ1) is 8.29. The summed E-state index contributed by atoms with van der Waals surface area (Å²) in [5, 5.41) is 0. The minimum absolute atomic E-state index is 0.402. The van der Waals surface area contributed by atoms with Gasteiger partial charge in [-0.3, -0.25) is 0 Å². The van der Waals surface area contributed by atoms with Crippen LogP contribution in [0.3, 0.4) is 0 Å². The van der Waals surface area contributed by atoms with E-state index in [9.17, 15) is 4.79 Å². The number of ether oxygens (including phenoxy) is 1. The molecule has 0 atom stereocenters. The minimum Gasteiger partial charge on any atom is -0.496 e. The van der Waals surface area contributed by atoms with Gasteiger partial charge in [0.2, 0.25) is 12.4 Å². The first kappa shape index (κ1) is 11.1. The number of carbonyl (C=O) groups is 1. The molecule has 2 rings (SSSR count). The number of methoxy groups -OCH3 is 1. The van der Waals surface area contributed by atoms with Crippen LogP contribution in [0.2, 0.25) is 0 Å². The van der Waals surface area contributed by atoms with Crippen LogP contribution in [-0.4, -0.2) is 13.1 Å². The largest absolute Gasteiger partial charge is 0.496 e. The summed E-state index contributed by atoms with van der Waals surface area (Å²) in [6.45, 7) is 0. The second-order valence-corrected chi connectivity index (χ2v) is 3.34. The standard InChI is InChI=1S/C13H12NO3/c1-16-12-7-9-14(10-8-12)17-13(15)11-5-3-2-4-6-11/h2-10H,1H3/q+1. The van der Waals surface area contributed by atoms with Crippen LogP contribution in [0, 0.1) is 0 Å². The highest BCUT2D eigenvalue weighted by Crippen LogP contribution is 2.03. The van der Waals surface area contributed by atoms with Gasteiger partial charge >= 0.3 is 5.97 Å². The van der Waals surface area contributed by atoms with Gasteiger partial charge in [-0.25, -0.2) is 4.79 Å². The van der Waals surface area contributed by atoms with Crippen molar-refractivity contribution < 1.29 is 19.1 Å². The number of aromatic nitrogens is 1. The zero-order chi connectivity index (χ0) is 12.1. The van der Waals surface area contributed by atoms with E-state index in [0.717, 1.165) is 0 Å². The van der Waals surface area contributed by atoms with Crippen molar-refractivity contribution in [3.63, 3.8) is 0 Å². The Balaban J connectivity index is 2.08. The summed E-state index contributed by atoms with van der Waals surface area (Å²) in [6.07, 6.45) is 3.22. The zero-order valence-electron chi connectivity index (χ0n) is 9.37. The molecule has 86 valence electrons. The normalized spacial score (nSPS) is 9.71. The Hall–Kier alpha value is -2.36. The summed E-state index contributed by atoms with van der Waals surface area (Å²) < 4.78 is 6.34. The summed E-state index contributed by atoms with van der Waals surface area (Å²) in [6, 6.07) is 12.2. The molecule has 2 aromatic rings. The molecule has 0 amide bonds. The van der Waals surface area contributed by atoms with E-state index in [1.54, 1.807) is 55.9 Å². The highest BCUT2D eigenvalue weighted by molar-refractivity contribution is 5.88. The fraction of sp³-hybridized carbons (Fsp3) is 0.0769. The van der Waals surface area contributed by atoms with Crippen molar-refractivity contribution in [2.45, 2.75) is 0 Å². The van der Waals surface area contributed by atoms with Crippen molar-refractivity contribution in [3.8, 4) is 5.75 Å². The van der Waals surface area contributed by atoms with Crippen LogP contribution in [0.5, 0.6) is 5.75 Å². The van der Waals surface area contributed by atoms with Gasteiger partial charge in [0.05, 0.1) is 12.7 Å². The SMILES string of the molecule is COc1cc[n+](OC(=O)c2ccccc2)cc1. The van der Waals surface area contributed by atoms with Crippen LogP contribution in [0.25, 0.3) is 0 Å². The third-order valence-corrected chi connectivity index (χ3v) is 2.20. The molecule has 0 fully saturated rings. The molecule has 0 aliphatic carbocycles. The Morgan fingerprint density at radius 3 is 2.29 bits per heavy atom. The molecule has 1 heterocycles. The highest BCUT2D eigenvalue weighted by atomic mass is 16.7. The number of pyridine rings is 1. The monoisotopic (exact) mass is 230 g/mol. The van der Waals surface area contributed by atoms with E-state index in [2.05, 4.69) is 0 Å². The second-order valence-electron chi connectivity index (χ2n) is 3.34. The molecular weight excluding hydrogens is 218 g/mol. The summed E-state index contributed by atoms with van der Waals surface area (Å²) in [5.41, 5.74) is 0.510. The maximum Gasteiger partial charge on any atom is 0.411 e. The molecule has 0 aliphatic rings. The van der Waals surface area contributed by atoms with Crippen LogP contribution in [-0.2, 0) is 0 Å². The predicted molar refractivity (Wildman–Crippen MR) is 60.5 cm³/mol. The van der Waals surface area contributed by atoms with Crippen molar-refractivity contribution in [1.82, 2.24) is 0 Å². The van der Waals surface area contributed by atoms with Crippen molar-refractivity contribution in [2.75, 3.05) is 7.11 Å². The van der Waals surface area contributed by atoms with Crippen LogP contribution >= 0.6 is 0 Å². The van der Waals surface area contributed by atoms with E-state index < -0.39 is 5.97 Å². The number of nitrogens with zero attached hydrogens (tertiary/aromatic N) is 1. The fourth-order valence-electron chi connectivity index (χ4n) is 1.32. The summed E-state index contributed by atoms with van der Waals surface area (Å²) in [5.74, 6) is 0.303. The molecule has 0 saturated carbocycles. The van der Waals surface area contributed by atoms with Crippen molar-refractivity contribution in [2.24, 2.45) is 0 Å². The number of rotatable bonds is 3. The second kappa shape index (κ2) is 5.12. The van der Waals surface area contributed by atoms with E-state index >= 15 is 0 Å². The van der Waals surface area contributed by atoms with E-state index in [1.165, 1.54) is 4.73 Å². The number of carbonyl (C=O) groups excluding carboxylic acids is 1. The van der Waals surface area contributed by atoms with Gasteiger partial charge in [-0.05, 0) is 12.1 Å². The number of hydrogen-bond donors (Lipinski definition) is 0. The van der Waals surface area contributed by atoms with Gasteiger partial charge in [0.15, 0.2) is 0 Å². The fourth-order valence-corrected chi connectivity index (χ4v) is 1.32. The maximum absolute atomic E-state index is 11.7. The van der Waals surface area contributed by atoms with Crippen molar-refractivity contribution >= 4 is 5.97 Å². The predicted octanol–water partition coefficient (Wildman–Crippen LogP) is 1.25. The molecular formula is C13H12NO3+. The smallest absolute Gasteiger partial charge is 0.411 e. The lowest BCUT2D eigenvalue weighted by Crippen LogP contribution is -2.45. The Labute approximate surface area is 99.0 Å². The molecule has 4 heteroatoms. The lowest BCUT2D eigenvalue weighted by molar-refractivity contribution is -0.868. The summed E-state index contributed by atoms with van der Waals surface area (Å²) in [7, 11) is 1.58. The summed E-state index contributed by atoms with van der Waals surface area (Å²) >= 11 is 0. The van der Waals surface area contributed by atoms with Gasteiger partial charge in [0.1, 0.15) is 5.75 Å². The maximum atomic E-state index is 11.7. The van der Waals surface area contributed by atoms with E-state index in [4.69, 9.17) is 9.57 Å². The molecule has 0 spiro atoms. The highest BCUT2D eigenvalue weighted by Gasteiger charge is 2.13. The average molecular weight is 230 g/mol. The molecule has 0 bridgehead atoms. The topological polar surface area (TPSA) is 39.4 Å². The first-order valence-electron chi connectivity index (χ1n) is 5.12. The summed E-state index contributed by atoms with van der Waals surface area (Å²) in [4.78, 5) is 16.8. The molecule has 0 saturated heterocycles. The zero-order valence-corrected chi connectivity index (χ0v) is 9.37. The van der Waals surface area contributed by atoms with Crippen molar-refractivity contribution in [3.05, 3.63) is 60.4 Å². The Bertz CT molecular complexity index is 494. The molecule has 1 aromatic carbocycles. The van der Waals surface area contributed by atoms with Gasteiger partial charge in [0.25, 0.3) is 0 Å². The van der Waals surface area contributed by atoms with Crippen molar-refractivity contribution in [1.29, 1.82) is 0 Å². The third kappa shape index (κ3) is 2.81. The molecule has 17 heavy (non-hydrogen) atoms. The Morgan fingerprint density at radius 2 is 1.71 bits per heavy atom. The Kier molecular flexibility index (Phi) is 3.35. The average Bonchev–Trinajstić information content (AvgIpc) is 2.40. The number of hydrogen-bond acceptors (Lipinski definition) is 3.